The van der Waals surface area contributed by atoms with Gasteiger partial charge in [0.2, 0.25) is 11.9 Å². The zero-order chi connectivity index (χ0) is 15.8. The molecular formula is C17H19N5O. The molecule has 2 fully saturated rings. The number of pyridine rings is 1. The predicted molar refractivity (Wildman–Crippen MR) is 85.6 cm³/mol. The summed E-state index contributed by atoms with van der Waals surface area (Å²) in [6, 6.07) is 3.92. The van der Waals surface area contributed by atoms with E-state index in [1.165, 1.54) is 0 Å². The molecule has 0 aliphatic carbocycles. The van der Waals surface area contributed by atoms with E-state index >= 15 is 0 Å². The Labute approximate surface area is 135 Å². The van der Waals surface area contributed by atoms with Crippen molar-refractivity contribution in [2.75, 3.05) is 24.5 Å². The van der Waals surface area contributed by atoms with Gasteiger partial charge in [0.1, 0.15) is 0 Å². The topological polar surface area (TPSA) is 62.2 Å². The quantitative estimate of drug-likeness (QED) is 0.854. The van der Waals surface area contributed by atoms with Crippen molar-refractivity contribution in [2.24, 2.45) is 11.8 Å². The molecule has 2 aliphatic rings. The van der Waals surface area contributed by atoms with E-state index in [0.29, 0.717) is 12.5 Å². The third kappa shape index (κ3) is 2.65. The molecule has 0 saturated carbocycles. The molecule has 6 nitrogen and oxygen atoms in total. The van der Waals surface area contributed by atoms with Crippen LogP contribution in [-0.4, -0.2) is 45.4 Å². The van der Waals surface area contributed by atoms with Crippen LogP contribution in [0.5, 0.6) is 0 Å². The predicted octanol–water partition coefficient (Wildman–Crippen LogP) is 1.27. The van der Waals surface area contributed by atoms with E-state index in [-0.39, 0.29) is 11.8 Å². The van der Waals surface area contributed by atoms with Gasteiger partial charge in [-0.25, -0.2) is 9.97 Å². The molecule has 6 heteroatoms. The number of fused-ring (bicyclic) bond motifs is 1. The summed E-state index contributed by atoms with van der Waals surface area (Å²) in [6.07, 6.45) is 7.23. The number of carbonyl (C=O) groups is 1. The van der Waals surface area contributed by atoms with Crippen molar-refractivity contribution in [3.05, 3.63) is 48.0 Å². The maximum atomic E-state index is 12.7. The molecule has 2 atom stereocenters. The summed E-state index contributed by atoms with van der Waals surface area (Å²) in [4.78, 5) is 29.6. The van der Waals surface area contributed by atoms with Crippen molar-refractivity contribution >= 4 is 11.9 Å². The minimum absolute atomic E-state index is 0.0663. The van der Waals surface area contributed by atoms with Crippen molar-refractivity contribution in [3.63, 3.8) is 0 Å². The zero-order valence-corrected chi connectivity index (χ0v) is 13.1. The van der Waals surface area contributed by atoms with E-state index in [0.717, 1.165) is 36.7 Å². The first-order valence-electron chi connectivity index (χ1n) is 7.92. The first-order valence-corrected chi connectivity index (χ1v) is 7.92. The molecule has 0 spiro atoms. The fourth-order valence-electron chi connectivity index (χ4n) is 3.51. The molecule has 0 radical (unpaired) electrons. The number of nitrogens with zero attached hydrogens (tertiary/aromatic N) is 5. The second-order valence-electron chi connectivity index (χ2n) is 6.41. The second kappa shape index (κ2) is 5.61. The third-order valence-corrected chi connectivity index (χ3v) is 4.67. The molecule has 4 heterocycles. The van der Waals surface area contributed by atoms with Gasteiger partial charge in [-0.1, -0.05) is 6.07 Å². The van der Waals surface area contributed by atoms with Gasteiger partial charge in [0.05, 0.1) is 5.92 Å². The first-order chi connectivity index (χ1) is 11.2. The van der Waals surface area contributed by atoms with Crippen LogP contribution in [0.3, 0.4) is 0 Å². The standard InChI is InChI=1S/C17H19N5O/c1-12-5-19-17(20-6-12)22-10-14-9-21(16(23)15(14)11-22)8-13-3-2-4-18-7-13/h2-7,14-15H,8-11H2,1H3/t14-,15+/m1/s1. The van der Waals surface area contributed by atoms with Crippen molar-refractivity contribution < 1.29 is 4.79 Å². The Balaban J connectivity index is 1.44. The lowest BCUT2D eigenvalue weighted by Gasteiger charge is -2.21. The van der Waals surface area contributed by atoms with E-state index in [9.17, 15) is 4.79 Å². The minimum Gasteiger partial charge on any atom is -0.340 e. The summed E-state index contributed by atoms with van der Waals surface area (Å²) < 4.78 is 0. The number of hydrogen-bond donors (Lipinski definition) is 0. The molecule has 0 aromatic carbocycles. The fourth-order valence-corrected chi connectivity index (χ4v) is 3.51. The Morgan fingerprint density at radius 1 is 1.17 bits per heavy atom. The lowest BCUT2D eigenvalue weighted by atomic mass is 10.0. The van der Waals surface area contributed by atoms with E-state index < -0.39 is 0 Å². The van der Waals surface area contributed by atoms with Gasteiger partial charge in [0.15, 0.2) is 0 Å². The Bertz CT molecular complexity index is 703. The number of hydrogen-bond acceptors (Lipinski definition) is 5. The molecule has 0 N–H and O–H groups in total. The number of amides is 1. The van der Waals surface area contributed by atoms with Gasteiger partial charge in [0.25, 0.3) is 0 Å². The highest BCUT2D eigenvalue weighted by Gasteiger charge is 2.46. The van der Waals surface area contributed by atoms with Crippen LogP contribution in [0.15, 0.2) is 36.9 Å². The molecule has 0 unspecified atom stereocenters. The highest BCUT2D eigenvalue weighted by molar-refractivity contribution is 5.83. The van der Waals surface area contributed by atoms with E-state index in [1.807, 2.05) is 42.5 Å². The van der Waals surface area contributed by atoms with Gasteiger partial charge < -0.3 is 9.80 Å². The Morgan fingerprint density at radius 2 is 2.00 bits per heavy atom. The zero-order valence-electron chi connectivity index (χ0n) is 13.1. The van der Waals surface area contributed by atoms with Crippen molar-refractivity contribution in [3.8, 4) is 0 Å². The maximum absolute atomic E-state index is 12.7. The lowest BCUT2D eigenvalue weighted by Crippen LogP contribution is -2.33. The molecule has 2 aromatic rings. The van der Waals surface area contributed by atoms with Crippen LogP contribution in [0, 0.1) is 18.8 Å². The highest BCUT2D eigenvalue weighted by Crippen LogP contribution is 2.34. The van der Waals surface area contributed by atoms with Gasteiger partial charge in [0, 0.05) is 56.9 Å². The number of rotatable bonds is 3. The van der Waals surface area contributed by atoms with E-state index in [1.54, 1.807) is 6.20 Å². The summed E-state index contributed by atoms with van der Waals surface area (Å²) in [5, 5.41) is 0. The average Bonchev–Trinajstić information content (AvgIpc) is 3.10. The minimum atomic E-state index is 0.0663. The summed E-state index contributed by atoms with van der Waals surface area (Å²) in [5.41, 5.74) is 2.13. The number of likely N-dealkylation sites (tertiary alicyclic amines) is 1. The first kappa shape index (κ1) is 14.1. The summed E-state index contributed by atoms with van der Waals surface area (Å²) >= 11 is 0. The van der Waals surface area contributed by atoms with Crippen LogP contribution < -0.4 is 4.90 Å². The summed E-state index contributed by atoms with van der Waals surface area (Å²) in [7, 11) is 0. The van der Waals surface area contributed by atoms with Crippen LogP contribution in [0.25, 0.3) is 0 Å². The summed E-state index contributed by atoms with van der Waals surface area (Å²) in [6.45, 7) is 5.00. The number of carbonyl (C=O) groups excluding carboxylic acids is 1. The number of anilines is 1. The Morgan fingerprint density at radius 3 is 2.70 bits per heavy atom. The molecule has 118 valence electrons. The number of aryl methyl sites for hydroxylation is 1. The SMILES string of the molecule is Cc1cnc(N2C[C@H]3CN(Cc4cccnc4)C(=O)[C@H]3C2)nc1. The van der Waals surface area contributed by atoms with E-state index in [4.69, 9.17) is 0 Å². The Kier molecular flexibility index (Phi) is 3.44. The van der Waals surface area contributed by atoms with Crippen LogP contribution >= 0.6 is 0 Å². The smallest absolute Gasteiger partial charge is 0.228 e. The van der Waals surface area contributed by atoms with Crippen LogP contribution in [0.4, 0.5) is 5.95 Å². The second-order valence-corrected chi connectivity index (χ2v) is 6.41. The molecule has 2 aromatic heterocycles. The van der Waals surface area contributed by atoms with Crippen molar-refractivity contribution in [1.29, 1.82) is 0 Å². The normalized spacial score (nSPS) is 23.4. The molecule has 1 amide bonds. The van der Waals surface area contributed by atoms with Crippen LogP contribution in [0.2, 0.25) is 0 Å². The molecule has 4 rings (SSSR count). The molecule has 2 aliphatic heterocycles. The number of aromatic nitrogens is 3. The molecular weight excluding hydrogens is 290 g/mol. The third-order valence-electron chi connectivity index (χ3n) is 4.67. The van der Waals surface area contributed by atoms with Gasteiger partial charge in [-0.15, -0.1) is 0 Å². The summed E-state index contributed by atoms with van der Waals surface area (Å²) in [5.74, 6) is 1.41. The molecule has 0 bridgehead atoms. The maximum Gasteiger partial charge on any atom is 0.228 e. The Hall–Kier alpha value is -2.50. The largest absolute Gasteiger partial charge is 0.340 e. The molecule has 2 saturated heterocycles. The van der Waals surface area contributed by atoms with Crippen LogP contribution in [-0.2, 0) is 11.3 Å². The van der Waals surface area contributed by atoms with Crippen molar-refractivity contribution in [1.82, 2.24) is 19.9 Å². The van der Waals surface area contributed by atoms with Crippen LogP contribution in [0.1, 0.15) is 11.1 Å². The monoisotopic (exact) mass is 309 g/mol. The van der Waals surface area contributed by atoms with Gasteiger partial charge in [-0.2, -0.15) is 0 Å². The van der Waals surface area contributed by atoms with Gasteiger partial charge in [-0.05, 0) is 24.1 Å². The highest BCUT2D eigenvalue weighted by atomic mass is 16.2. The molecule has 23 heavy (non-hydrogen) atoms. The lowest BCUT2D eigenvalue weighted by molar-refractivity contribution is -0.131. The van der Waals surface area contributed by atoms with Gasteiger partial charge in [-0.3, -0.25) is 9.78 Å². The average molecular weight is 309 g/mol. The van der Waals surface area contributed by atoms with Crippen molar-refractivity contribution in [2.45, 2.75) is 13.5 Å². The van der Waals surface area contributed by atoms with E-state index in [2.05, 4.69) is 19.9 Å². The van der Waals surface area contributed by atoms with Gasteiger partial charge >= 0.3 is 0 Å². The fraction of sp³-hybridized carbons (Fsp3) is 0.412.